The first-order valence-corrected chi connectivity index (χ1v) is 10.7. The van der Waals surface area contributed by atoms with Gasteiger partial charge in [0.2, 0.25) is 5.89 Å². The molecule has 166 valence electrons. The smallest absolute Gasteiger partial charge is 0.226 e. The van der Waals surface area contributed by atoms with Crippen molar-refractivity contribution in [2.24, 2.45) is 4.99 Å². The van der Waals surface area contributed by atoms with Gasteiger partial charge in [0.05, 0.1) is 5.69 Å². The second-order valence-corrected chi connectivity index (χ2v) is 8.47. The lowest BCUT2D eigenvalue weighted by molar-refractivity contribution is 0.0982. The molecule has 2 heterocycles. The molecule has 0 unspecified atom stereocenters. The lowest BCUT2D eigenvalue weighted by atomic mass is 9.98. The maximum absolute atomic E-state index is 5.64. The van der Waals surface area contributed by atoms with Crippen molar-refractivity contribution in [3.8, 4) is 11.5 Å². The van der Waals surface area contributed by atoms with Crippen molar-refractivity contribution in [1.82, 2.24) is 20.5 Å². The first-order valence-electron chi connectivity index (χ1n) is 10.7. The van der Waals surface area contributed by atoms with E-state index in [9.17, 15) is 0 Å². The summed E-state index contributed by atoms with van der Waals surface area (Å²) in [6.07, 6.45) is 6.49. The summed E-state index contributed by atoms with van der Waals surface area (Å²) in [7, 11) is 1.81. The highest BCUT2D eigenvalue weighted by Gasteiger charge is 2.27. The Hall–Kier alpha value is -1.61. The van der Waals surface area contributed by atoms with E-state index < -0.39 is 0 Å². The van der Waals surface area contributed by atoms with E-state index in [1.165, 1.54) is 37.9 Å². The molecule has 0 atom stereocenters. The molecule has 2 aromatic rings. The molecule has 1 aromatic heterocycles. The normalized spacial score (nSPS) is 15.5. The summed E-state index contributed by atoms with van der Waals surface area (Å²) in [4.78, 5) is 11.5. The predicted molar refractivity (Wildman–Crippen MR) is 135 cm³/mol. The molecule has 0 radical (unpaired) electrons. The number of nitrogens with zero attached hydrogens (tertiary/aromatic N) is 3. The first kappa shape index (κ1) is 24.7. The summed E-state index contributed by atoms with van der Waals surface area (Å²) in [5.41, 5.74) is 3.30. The number of guanidine groups is 1. The minimum Gasteiger partial charge on any atom is -0.444 e. The van der Waals surface area contributed by atoms with Crippen molar-refractivity contribution in [2.45, 2.75) is 52.0 Å². The van der Waals surface area contributed by atoms with Gasteiger partial charge >= 0.3 is 0 Å². The van der Waals surface area contributed by atoms with E-state index in [-0.39, 0.29) is 29.5 Å². The molecule has 1 aliphatic rings. The van der Waals surface area contributed by atoms with Crippen LogP contribution in [0.4, 0.5) is 0 Å². The third kappa shape index (κ3) is 6.97. The second-order valence-electron chi connectivity index (χ2n) is 8.47. The van der Waals surface area contributed by atoms with Crippen molar-refractivity contribution in [1.29, 1.82) is 0 Å². The van der Waals surface area contributed by atoms with Gasteiger partial charge in [-0.25, -0.2) is 4.98 Å². The average Bonchev–Trinajstić information content (AvgIpc) is 3.20. The largest absolute Gasteiger partial charge is 0.444 e. The molecule has 2 N–H and O–H groups in total. The molecule has 1 aliphatic heterocycles. The van der Waals surface area contributed by atoms with Crippen molar-refractivity contribution >= 4 is 29.9 Å². The Morgan fingerprint density at radius 1 is 1.13 bits per heavy atom. The van der Waals surface area contributed by atoms with Crippen LogP contribution in [0.1, 0.15) is 44.4 Å². The zero-order chi connectivity index (χ0) is 20.7. The second kappa shape index (κ2) is 11.7. The van der Waals surface area contributed by atoms with E-state index >= 15 is 0 Å². The molecule has 6 nitrogen and oxygen atoms in total. The van der Waals surface area contributed by atoms with Gasteiger partial charge < -0.3 is 15.1 Å². The number of piperidine rings is 1. The summed E-state index contributed by atoms with van der Waals surface area (Å²) >= 11 is 0. The Morgan fingerprint density at radius 3 is 2.50 bits per heavy atom. The fourth-order valence-electron chi connectivity index (χ4n) is 3.69. The average molecular weight is 525 g/mol. The minimum absolute atomic E-state index is 0. The Bertz CT molecular complexity index is 794. The van der Waals surface area contributed by atoms with Crippen LogP contribution in [-0.4, -0.2) is 54.6 Å². The van der Waals surface area contributed by atoms with Gasteiger partial charge in [-0.15, -0.1) is 24.0 Å². The Labute approximate surface area is 198 Å². The highest BCUT2D eigenvalue weighted by Crippen LogP contribution is 2.20. The maximum atomic E-state index is 5.64. The van der Waals surface area contributed by atoms with Gasteiger partial charge in [0.25, 0.3) is 0 Å². The molecule has 0 amide bonds. The Kier molecular flexibility index (Phi) is 9.61. The van der Waals surface area contributed by atoms with Crippen LogP contribution in [0.5, 0.6) is 0 Å². The fourth-order valence-corrected chi connectivity index (χ4v) is 3.69. The molecular formula is C23H36IN5O. The number of oxazole rings is 1. The predicted octanol–water partition coefficient (Wildman–Crippen LogP) is 4.24. The monoisotopic (exact) mass is 525 g/mol. The molecule has 3 rings (SSSR count). The van der Waals surface area contributed by atoms with Gasteiger partial charge in [0, 0.05) is 37.7 Å². The lowest BCUT2D eigenvalue weighted by Crippen LogP contribution is -2.55. The molecule has 1 aromatic carbocycles. The van der Waals surface area contributed by atoms with E-state index in [1.807, 2.05) is 19.2 Å². The number of hydrogen-bond acceptors (Lipinski definition) is 4. The number of likely N-dealkylation sites (tertiary alicyclic amines) is 1. The summed E-state index contributed by atoms with van der Waals surface area (Å²) in [6.45, 7) is 10.7. The number of halogens is 1. The number of nitrogens with one attached hydrogen (secondary N) is 2. The molecular weight excluding hydrogens is 489 g/mol. The number of hydrogen-bond donors (Lipinski definition) is 2. The van der Waals surface area contributed by atoms with Gasteiger partial charge in [0.15, 0.2) is 5.96 Å². The SMILES string of the molecule is CN=C(NCCc1coc(-c2ccc(C)cc2)n1)NCC(C)(C)N1CCCCC1.I. The van der Waals surface area contributed by atoms with E-state index in [2.05, 4.69) is 58.4 Å². The van der Waals surface area contributed by atoms with Crippen molar-refractivity contribution < 1.29 is 4.42 Å². The van der Waals surface area contributed by atoms with Crippen LogP contribution in [0, 0.1) is 6.92 Å². The molecule has 0 spiro atoms. The maximum Gasteiger partial charge on any atom is 0.226 e. The number of aliphatic imine (C=N–C) groups is 1. The number of rotatable bonds is 7. The molecule has 0 saturated carbocycles. The summed E-state index contributed by atoms with van der Waals surface area (Å²) in [6, 6.07) is 8.22. The lowest BCUT2D eigenvalue weighted by Gasteiger charge is -2.41. The number of aromatic nitrogens is 1. The quantitative estimate of drug-likeness (QED) is 0.322. The highest BCUT2D eigenvalue weighted by molar-refractivity contribution is 14.0. The van der Waals surface area contributed by atoms with Crippen molar-refractivity contribution in [3.63, 3.8) is 0 Å². The summed E-state index contributed by atoms with van der Waals surface area (Å²) in [5.74, 6) is 1.50. The van der Waals surface area contributed by atoms with Crippen molar-refractivity contribution in [2.75, 3.05) is 33.2 Å². The third-order valence-corrected chi connectivity index (χ3v) is 5.65. The van der Waals surface area contributed by atoms with E-state index in [0.29, 0.717) is 5.89 Å². The molecule has 30 heavy (non-hydrogen) atoms. The van der Waals surface area contributed by atoms with Gasteiger partial charge in [0.1, 0.15) is 6.26 Å². The van der Waals surface area contributed by atoms with Crippen LogP contribution >= 0.6 is 24.0 Å². The van der Waals surface area contributed by atoms with E-state index in [4.69, 9.17) is 4.42 Å². The van der Waals surface area contributed by atoms with Gasteiger partial charge in [-0.2, -0.15) is 0 Å². The van der Waals surface area contributed by atoms with E-state index in [1.54, 1.807) is 6.26 Å². The topological polar surface area (TPSA) is 65.7 Å². The van der Waals surface area contributed by atoms with Crippen LogP contribution in [0.2, 0.25) is 0 Å². The summed E-state index contributed by atoms with van der Waals surface area (Å²) < 4.78 is 5.64. The van der Waals surface area contributed by atoms with Crippen molar-refractivity contribution in [3.05, 3.63) is 41.8 Å². The van der Waals surface area contributed by atoms with Crippen LogP contribution in [-0.2, 0) is 6.42 Å². The summed E-state index contributed by atoms with van der Waals surface area (Å²) in [5, 5.41) is 6.87. The van der Waals surface area contributed by atoms with Crippen LogP contribution in [0.25, 0.3) is 11.5 Å². The number of benzene rings is 1. The van der Waals surface area contributed by atoms with Gasteiger partial charge in [-0.3, -0.25) is 9.89 Å². The van der Waals surface area contributed by atoms with Gasteiger partial charge in [-0.05, 0) is 58.8 Å². The van der Waals surface area contributed by atoms with Gasteiger partial charge in [-0.1, -0.05) is 24.1 Å². The Balaban J connectivity index is 0.00000320. The zero-order valence-corrected chi connectivity index (χ0v) is 21.0. The van der Waals surface area contributed by atoms with Crippen LogP contribution < -0.4 is 10.6 Å². The molecule has 7 heteroatoms. The Morgan fingerprint density at radius 2 is 1.83 bits per heavy atom. The molecule has 1 saturated heterocycles. The standard InChI is InChI=1S/C23H35N5O.HI/c1-18-8-10-19(11-9-18)21-27-20(16-29-21)12-13-25-22(24-4)26-17-23(2,3)28-14-6-5-7-15-28;/h8-11,16H,5-7,12-15,17H2,1-4H3,(H2,24,25,26);1H. The fraction of sp³-hybridized carbons (Fsp3) is 0.565. The van der Waals surface area contributed by atoms with Crippen LogP contribution in [0.15, 0.2) is 39.9 Å². The minimum atomic E-state index is 0. The third-order valence-electron chi connectivity index (χ3n) is 5.65. The molecule has 0 bridgehead atoms. The molecule has 1 fully saturated rings. The van der Waals surface area contributed by atoms with Crippen LogP contribution in [0.3, 0.4) is 0 Å². The highest BCUT2D eigenvalue weighted by atomic mass is 127. The number of aryl methyl sites for hydroxylation is 1. The van der Waals surface area contributed by atoms with E-state index in [0.717, 1.165) is 36.7 Å². The molecule has 0 aliphatic carbocycles. The zero-order valence-electron chi connectivity index (χ0n) is 18.7. The first-order chi connectivity index (χ1) is 14.0.